The van der Waals surface area contributed by atoms with Gasteiger partial charge in [0.25, 0.3) is 10.2 Å². The largest absolute Gasteiger partial charge is 0.379 e. The van der Waals surface area contributed by atoms with Crippen LogP contribution in [0.15, 0.2) is 12.4 Å². The number of aromatic nitrogens is 2. The predicted octanol–water partition coefficient (Wildman–Crippen LogP) is -0.924. The van der Waals surface area contributed by atoms with Crippen LogP contribution in [0.1, 0.15) is 5.82 Å². The molecule has 0 aromatic carbocycles. The van der Waals surface area contributed by atoms with Crippen molar-refractivity contribution < 1.29 is 13.2 Å². The van der Waals surface area contributed by atoms with Gasteiger partial charge >= 0.3 is 0 Å². The zero-order chi connectivity index (χ0) is 11.4. The zero-order valence-corrected chi connectivity index (χ0v) is 9.53. The van der Waals surface area contributed by atoms with E-state index in [-0.39, 0.29) is 6.54 Å². The lowest BCUT2D eigenvalue weighted by molar-refractivity contribution is 0.0724. The minimum absolute atomic E-state index is 0.173. The van der Waals surface area contributed by atoms with E-state index in [1.54, 1.807) is 12.4 Å². The number of hydrogen-bond acceptors (Lipinski definition) is 4. The molecular formula is C8H14N4O3S. The lowest BCUT2D eigenvalue weighted by Gasteiger charge is -2.25. The van der Waals surface area contributed by atoms with Gasteiger partial charge < -0.3 is 9.72 Å². The Bertz CT molecular complexity index is 411. The summed E-state index contributed by atoms with van der Waals surface area (Å²) in [4.78, 5) is 6.77. The molecule has 2 rings (SSSR count). The van der Waals surface area contributed by atoms with Gasteiger partial charge in [0.05, 0.1) is 19.8 Å². The van der Waals surface area contributed by atoms with Gasteiger partial charge in [-0.3, -0.25) is 0 Å². The van der Waals surface area contributed by atoms with Crippen molar-refractivity contribution in [3.8, 4) is 0 Å². The normalized spacial score (nSPS) is 18.8. The molecule has 0 radical (unpaired) electrons. The summed E-state index contributed by atoms with van der Waals surface area (Å²) in [6.07, 6.45) is 3.23. The minimum Gasteiger partial charge on any atom is -0.379 e. The highest BCUT2D eigenvalue weighted by Gasteiger charge is 2.23. The molecule has 0 amide bonds. The highest BCUT2D eigenvalue weighted by Crippen LogP contribution is 2.03. The molecule has 0 saturated carbocycles. The first kappa shape index (κ1) is 11.5. The summed E-state index contributed by atoms with van der Waals surface area (Å²) < 4.78 is 32.5. The van der Waals surface area contributed by atoms with Crippen LogP contribution in [0.2, 0.25) is 0 Å². The van der Waals surface area contributed by atoms with Crippen molar-refractivity contribution in [3.05, 3.63) is 18.2 Å². The number of hydrogen-bond donors (Lipinski definition) is 2. The molecule has 7 nitrogen and oxygen atoms in total. The summed E-state index contributed by atoms with van der Waals surface area (Å²) in [5, 5.41) is 0. The monoisotopic (exact) mass is 246 g/mol. The van der Waals surface area contributed by atoms with Gasteiger partial charge in [-0.25, -0.2) is 4.98 Å². The van der Waals surface area contributed by atoms with Crippen molar-refractivity contribution in [2.24, 2.45) is 0 Å². The van der Waals surface area contributed by atoms with Crippen LogP contribution in [0.3, 0.4) is 0 Å². The maximum absolute atomic E-state index is 11.8. The number of nitrogens with one attached hydrogen (secondary N) is 2. The van der Waals surface area contributed by atoms with Crippen LogP contribution in [-0.2, 0) is 21.5 Å². The summed E-state index contributed by atoms with van der Waals surface area (Å²) in [5.74, 6) is 0.594. The second-order valence-corrected chi connectivity index (χ2v) is 5.13. The van der Waals surface area contributed by atoms with Crippen LogP contribution in [-0.4, -0.2) is 49.0 Å². The lowest BCUT2D eigenvalue weighted by atomic mass is 10.5. The molecule has 0 bridgehead atoms. The molecule has 16 heavy (non-hydrogen) atoms. The summed E-state index contributed by atoms with van der Waals surface area (Å²) in [6, 6.07) is 0. The Morgan fingerprint density at radius 2 is 2.25 bits per heavy atom. The van der Waals surface area contributed by atoms with Gasteiger partial charge in [0.2, 0.25) is 0 Å². The Balaban J connectivity index is 1.91. The van der Waals surface area contributed by atoms with E-state index in [0.29, 0.717) is 32.1 Å². The van der Waals surface area contributed by atoms with Crippen LogP contribution >= 0.6 is 0 Å². The zero-order valence-electron chi connectivity index (χ0n) is 8.72. The smallest absolute Gasteiger partial charge is 0.280 e. The fourth-order valence-electron chi connectivity index (χ4n) is 1.43. The second-order valence-electron chi connectivity index (χ2n) is 3.37. The highest BCUT2D eigenvalue weighted by molar-refractivity contribution is 7.87. The molecule has 0 aliphatic carbocycles. The number of H-pyrrole nitrogens is 1. The van der Waals surface area contributed by atoms with Crippen LogP contribution in [0, 0.1) is 0 Å². The second kappa shape index (κ2) is 4.91. The van der Waals surface area contributed by atoms with Crippen LogP contribution in [0.25, 0.3) is 0 Å². The third-order valence-electron chi connectivity index (χ3n) is 2.29. The van der Waals surface area contributed by atoms with E-state index in [2.05, 4.69) is 14.7 Å². The molecule has 1 aliphatic heterocycles. The van der Waals surface area contributed by atoms with E-state index >= 15 is 0 Å². The van der Waals surface area contributed by atoms with E-state index in [1.807, 2.05) is 0 Å². The van der Waals surface area contributed by atoms with E-state index < -0.39 is 10.2 Å². The Labute approximate surface area is 94.0 Å². The maximum atomic E-state index is 11.8. The van der Waals surface area contributed by atoms with Crippen molar-refractivity contribution in [1.82, 2.24) is 19.0 Å². The quantitative estimate of drug-likeness (QED) is 0.719. The van der Waals surface area contributed by atoms with Crippen molar-refractivity contribution >= 4 is 10.2 Å². The number of nitrogens with zero attached hydrogens (tertiary/aromatic N) is 2. The maximum Gasteiger partial charge on any atom is 0.280 e. The van der Waals surface area contributed by atoms with Crippen LogP contribution in [0.5, 0.6) is 0 Å². The third kappa shape index (κ3) is 2.79. The molecule has 2 N–H and O–H groups in total. The summed E-state index contributed by atoms with van der Waals surface area (Å²) in [7, 11) is -3.42. The van der Waals surface area contributed by atoms with E-state index in [0.717, 1.165) is 0 Å². The molecule has 1 aliphatic rings. The third-order valence-corrected chi connectivity index (χ3v) is 3.84. The molecule has 1 aromatic heterocycles. The number of imidazole rings is 1. The van der Waals surface area contributed by atoms with E-state index in [1.165, 1.54) is 4.31 Å². The highest BCUT2D eigenvalue weighted by atomic mass is 32.2. The van der Waals surface area contributed by atoms with Gasteiger partial charge in [-0.2, -0.15) is 17.4 Å². The standard InChI is InChI=1S/C8H14N4O3S/c13-16(14,12-3-5-15-6-4-12)11-7-8-9-1-2-10-8/h1-2,11H,3-7H2,(H,9,10). The van der Waals surface area contributed by atoms with Gasteiger partial charge in [0.15, 0.2) is 0 Å². The van der Waals surface area contributed by atoms with E-state index in [4.69, 9.17) is 4.74 Å². The molecular weight excluding hydrogens is 232 g/mol. The molecule has 2 heterocycles. The van der Waals surface area contributed by atoms with E-state index in [9.17, 15) is 8.42 Å². The predicted molar refractivity (Wildman–Crippen MR) is 56.7 cm³/mol. The molecule has 90 valence electrons. The van der Waals surface area contributed by atoms with Crippen LogP contribution < -0.4 is 4.72 Å². The minimum atomic E-state index is -3.42. The van der Waals surface area contributed by atoms with Crippen molar-refractivity contribution in [1.29, 1.82) is 0 Å². The molecule has 0 spiro atoms. The molecule has 0 unspecified atom stereocenters. The number of rotatable bonds is 4. The van der Waals surface area contributed by atoms with Crippen molar-refractivity contribution in [3.63, 3.8) is 0 Å². The average molecular weight is 246 g/mol. The van der Waals surface area contributed by atoms with Gasteiger partial charge in [0, 0.05) is 25.5 Å². The molecule has 1 aromatic rings. The van der Waals surface area contributed by atoms with Crippen molar-refractivity contribution in [2.45, 2.75) is 6.54 Å². The average Bonchev–Trinajstić information content (AvgIpc) is 2.81. The number of ether oxygens (including phenoxy) is 1. The SMILES string of the molecule is O=S(=O)(NCc1ncc[nH]1)N1CCOCC1. The van der Waals surface area contributed by atoms with Gasteiger partial charge in [0.1, 0.15) is 5.82 Å². The Hall–Kier alpha value is -0.960. The summed E-state index contributed by atoms with van der Waals surface area (Å²) in [5.41, 5.74) is 0. The Morgan fingerprint density at radius 1 is 1.50 bits per heavy atom. The Morgan fingerprint density at radius 3 is 2.88 bits per heavy atom. The first-order chi connectivity index (χ1) is 7.68. The topological polar surface area (TPSA) is 87.3 Å². The van der Waals surface area contributed by atoms with Crippen molar-refractivity contribution in [2.75, 3.05) is 26.3 Å². The molecule has 0 atom stereocenters. The number of aromatic amines is 1. The summed E-state index contributed by atoms with van der Waals surface area (Å²) >= 11 is 0. The molecule has 8 heteroatoms. The summed E-state index contributed by atoms with van der Waals surface area (Å²) in [6.45, 7) is 1.86. The first-order valence-corrected chi connectivity index (χ1v) is 6.43. The van der Waals surface area contributed by atoms with Crippen LogP contribution in [0.4, 0.5) is 0 Å². The van der Waals surface area contributed by atoms with Gasteiger partial charge in [-0.15, -0.1) is 0 Å². The molecule has 1 fully saturated rings. The fraction of sp³-hybridized carbons (Fsp3) is 0.625. The molecule has 1 saturated heterocycles. The van der Waals surface area contributed by atoms with Gasteiger partial charge in [-0.1, -0.05) is 0 Å². The lowest BCUT2D eigenvalue weighted by Crippen LogP contribution is -2.46. The Kier molecular flexibility index (Phi) is 3.54. The number of morpholine rings is 1. The fourth-order valence-corrected chi connectivity index (χ4v) is 2.56. The van der Waals surface area contributed by atoms with Gasteiger partial charge in [-0.05, 0) is 0 Å². The first-order valence-electron chi connectivity index (χ1n) is 4.99.